The molecule has 0 spiro atoms. The number of benzene rings is 1. The number of hydrogen-bond donors (Lipinski definition) is 1. The summed E-state index contributed by atoms with van der Waals surface area (Å²) in [5, 5.41) is 2.89. The number of amides is 1. The van der Waals surface area contributed by atoms with Crippen molar-refractivity contribution in [2.45, 2.75) is 18.2 Å². The molecule has 1 aromatic rings. The number of halogens is 1. The summed E-state index contributed by atoms with van der Waals surface area (Å²) in [6, 6.07) is 5.56. The zero-order valence-electron chi connectivity index (χ0n) is 11.5. The van der Waals surface area contributed by atoms with Gasteiger partial charge in [-0.15, -0.1) is 0 Å². The monoisotopic (exact) mass is 329 g/mol. The van der Waals surface area contributed by atoms with Crippen LogP contribution in [0.3, 0.4) is 0 Å². The van der Waals surface area contributed by atoms with Crippen molar-refractivity contribution in [2.75, 3.05) is 27.4 Å². The van der Waals surface area contributed by atoms with Crippen molar-refractivity contribution in [3.05, 3.63) is 29.3 Å². The van der Waals surface area contributed by atoms with Crippen LogP contribution in [0.1, 0.15) is 22.3 Å². The van der Waals surface area contributed by atoms with E-state index < -0.39 is 0 Å². The molecule has 0 heterocycles. The minimum absolute atomic E-state index is 0.113. The number of alkyl halides is 1. The van der Waals surface area contributed by atoms with E-state index in [0.717, 1.165) is 12.0 Å². The Morgan fingerprint density at radius 2 is 2.16 bits per heavy atom. The Morgan fingerprint density at radius 1 is 1.42 bits per heavy atom. The van der Waals surface area contributed by atoms with E-state index in [9.17, 15) is 4.79 Å². The Bertz CT molecular complexity index is 423. The molecular formula is C14H20BrNO3. The SMILES string of the molecule is COCC(Br)CCNC(=O)c1cc(C)ccc1OC. The predicted molar refractivity (Wildman–Crippen MR) is 79.3 cm³/mol. The Balaban J connectivity index is 2.56. The van der Waals surface area contributed by atoms with Gasteiger partial charge in [-0.2, -0.15) is 0 Å². The number of aryl methyl sites for hydroxylation is 1. The van der Waals surface area contributed by atoms with Gasteiger partial charge in [0.15, 0.2) is 0 Å². The standard InChI is InChI=1S/C14H20BrNO3/c1-10-4-5-13(19-3)12(8-10)14(17)16-7-6-11(15)9-18-2/h4-5,8,11H,6-7,9H2,1-3H3,(H,16,17). The van der Waals surface area contributed by atoms with Crippen LogP contribution in [-0.4, -0.2) is 38.1 Å². The highest BCUT2D eigenvalue weighted by molar-refractivity contribution is 9.09. The van der Waals surface area contributed by atoms with Gasteiger partial charge in [0.25, 0.3) is 5.91 Å². The molecule has 0 aliphatic rings. The number of ether oxygens (including phenoxy) is 2. The molecule has 0 aromatic heterocycles. The zero-order valence-corrected chi connectivity index (χ0v) is 13.1. The topological polar surface area (TPSA) is 47.6 Å². The van der Waals surface area contributed by atoms with Gasteiger partial charge in [-0.1, -0.05) is 27.6 Å². The van der Waals surface area contributed by atoms with Crippen LogP contribution in [0.25, 0.3) is 0 Å². The van der Waals surface area contributed by atoms with Crippen molar-refractivity contribution in [3.63, 3.8) is 0 Å². The highest BCUT2D eigenvalue weighted by Crippen LogP contribution is 2.19. The Hall–Kier alpha value is -1.07. The van der Waals surface area contributed by atoms with E-state index >= 15 is 0 Å². The van der Waals surface area contributed by atoms with Crippen molar-refractivity contribution < 1.29 is 14.3 Å². The summed E-state index contributed by atoms with van der Waals surface area (Å²) >= 11 is 3.48. The van der Waals surface area contributed by atoms with Gasteiger partial charge in [0.1, 0.15) is 5.75 Å². The summed E-state index contributed by atoms with van der Waals surface area (Å²) in [5.41, 5.74) is 1.60. The lowest BCUT2D eigenvalue weighted by Gasteiger charge is -2.12. The molecule has 0 radical (unpaired) electrons. The molecule has 1 rings (SSSR count). The molecule has 1 unspecified atom stereocenters. The smallest absolute Gasteiger partial charge is 0.255 e. The van der Waals surface area contributed by atoms with Gasteiger partial charge in [0, 0.05) is 18.5 Å². The van der Waals surface area contributed by atoms with Crippen molar-refractivity contribution in [3.8, 4) is 5.75 Å². The second-order valence-electron chi connectivity index (χ2n) is 4.30. The first-order valence-corrected chi connectivity index (χ1v) is 7.06. The fraction of sp³-hybridized carbons (Fsp3) is 0.500. The molecule has 1 atom stereocenters. The molecule has 19 heavy (non-hydrogen) atoms. The van der Waals surface area contributed by atoms with E-state index in [2.05, 4.69) is 21.2 Å². The molecule has 0 aliphatic carbocycles. The Morgan fingerprint density at radius 3 is 2.79 bits per heavy atom. The molecule has 0 saturated carbocycles. The molecule has 1 aromatic carbocycles. The summed E-state index contributed by atoms with van der Waals surface area (Å²) < 4.78 is 10.2. The van der Waals surface area contributed by atoms with E-state index in [-0.39, 0.29) is 10.7 Å². The fourth-order valence-electron chi connectivity index (χ4n) is 1.70. The summed E-state index contributed by atoms with van der Waals surface area (Å²) in [5.74, 6) is 0.480. The largest absolute Gasteiger partial charge is 0.496 e. The molecule has 1 amide bonds. The molecule has 0 bridgehead atoms. The predicted octanol–water partition coefficient (Wildman–Crippen LogP) is 2.53. The number of methoxy groups -OCH3 is 2. The van der Waals surface area contributed by atoms with Crippen molar-refractivity contribution in [1.82, 2.24) is 5.32 Å². The lowest BCUT2D eigenvalue weighted by molar-refractivity contribution is 0.0949. The van der Waals surface area contributed by atoms with Gasteiger partial charge < -0.3 is 14.8 Å². The lowest BCUT2D eigenvalue weighted by Crippen LogP contribution is -2.27. The van der Waals surface area contributed by atoms with Crippen molar-refractivity contribution in [1.29, 1.82) is 0 Å². The molecule has 0 aliphatic heterocycles. The molecule has 1 N–H and O–H groups in total. The van der Waals surface area contributed by atoms with Crippen molar-refractivity contribution in [2.24, 2.45) is 0 Å². The van der Waals surface area contributed by atoms with Gasteiger partial charge in [-0.3, -0.25) is 4.79 Å². The second-order valence-corrected chi connectivity index (χ2v) is 5.60. The van der Waals surface area contributed by atoms with Crippen LogP contribution in [-0.2, 0) is 4.74 Å². The first-order valence-electron chi connectivity index (χ1n) is 6.14. The number of carbonyl (C=O) groups is 1. The Kier molecular flexibility index (Phi) is 6.87. The van der Waals surface area contributed by atoms with Crippen LogP contribution >= 0.6 is 15.9 Å². The van der Waals surface area contributed by atoms with Crippen LogP contribution in [0.5, 0.6) is 5.75 Å². The van der Waals surface area contributed by atoms with Gasteiger partial charge in [-0.25, -0.2) is 0 Å². The highest BCUT2D eigenvalue weighted by atomic mass is 79.9. The summed E-state index contributed by atoms with van der Waals surface area (Å²) in [4.78, 5) is 12.3. The number of rotatable bonds is 7. The van der Waals surface area contributed by atoms with E-state index in [1.54, 1.807) is 14.2 Å². The van der Waals surface area contributed by atoms with Gasteiger partial charge in [-0.05, 0) is 25.5 Å². The third-order valence-corrected chi connectivity index (χ3v) is 3.41. The summed E-state index contributed by atoms with van der Waals surface area (Å²) in [6.07, 6.45) is 0.813. The van der Waals surface area contributed by atoms with E-state index in [1.807, 2.05) is 25.1 Å². The molecular weight excluding hydrogens is 310 g/mol. The Labute approximate surface area is 122 Å². The first-order chi connectivity index (χ1) is 9.08. The maximum atomic E-state index is 12.1. The first kappa shape index (κ1) is 16.0. The van der Waals surface area contributed by atoms with Gasteiger partial charge in [0.05, 0.1) is 19.3 Å². The molecule has 5 heteroatoms. The average molecular weight is 330 g/mol. The van der Waals surface area contributed by atoms with Gasteiger partial charge >= 0.3 is 0 Å². The fourth-order valence-corrected chi connectivity index (χ4v) is 2.19. The zero-order chi connectivity index (χ0) is 14.3. The molecule has 0 saturated heterocycles. The third-order valence-electron chi connectivity index (χ3n) is 2.69. The normalized spacial score (nSPS) is 12.0. The van der Waals surface area contributed by atoms with E-state index in [1.165, 1.54) is 0 Å². The average Bonchev–Trinajstić information content (AvgIpc) is 2.38. The number of hydrogen-bond acceptors (Lipinski definition) is 3. The minimum Gasteiger partial charge on any atom is -0.496 e. The van der Waals surface area contributed by atoms with Crippen LogP contribution in [0.15, 0.2) is 18.2 Å². The highest BCUT2D eigenvalue weighted by Gasteiger charge is 2.12. The molecule has 4 nitrogen and oxygen atoms in total. The summed E-state index contributed by atoms with van der Waals surface area (Å²) in [6.45, 7) is 3.17. The van der Waals surface area contributed by atoms with Crippen LogP contribution in [0, 0.1) is 6.92 Å². The van der Waals surface area contributed by atoms with Crippen LogP contribution in [0.4, 0.5) is 0 Å². The maximum Gasteiger partial charge on any atom is 0.255 e. The minimum atomic E-state index is -0.113. The molecule has 106 valence electrons. The second kappa shape index (κ2) is 8.17. The lowest BCUT2D eigenvalue weighted by atomic mass is 10.1. The third kappa shape index (κ3) is 5.20. The maximum absolute atomic E-state index is 12.1. The van der Waals surface area contributed by atoms with Crippen LogP contribution in [0.2, 0.25) is 0 Å². The molecule has 0 fully saturated rings. The van der Waals surface area contributed by atoms with Crippen molar-refractivity contribution >= 4 is 21.8 Å². The van der Waals surface area contributed by atoms with Gasteiger partial charge in [0.2, 0.25) is 0 Å². The van der Waals surface area contributed by atoms with E-state index in [0.29, 0.717) is 24.5 Å². The van der Waals surface area contributed by atoms with E-state index in [4.69, 9.17) is 9.47 Å². The number of nitrogens with one attached hydrogen (secondary N) is 1. The summed E-state index contributed by atoms with van der Waals surface area (Å²) in [7, 11) is 3.22. The van der Waals surface area contributed by atoms with Crippen LogP contribution < -0.4 is 10.1 Å². The quantitative estimate of drug-likeness (QED) is 0.782. The number of carbonyl (C=O) groups excluding carboxylic acids is 1.